The fourth-order valence-corrected chi connectivity index (χ4v) is 2.59. The normalized spacial score (nSPS) is 18.9. The van der Waals surface area contributed by atoms with Crippen molar-refractivity contribution in [3.8, 4) is 5.75 Å². The Balaban J connectivity index is 0.00000264. The minimum Gasteiger partial charge on any atom is -0.493 e. The minimum atomic E-state index is -0.0372. The van der Waals surface area contributed by atoms with Crippen LogP contribution in [0.2, 0.25) is 0 Å². The van der Waals surface area contributed by atoms with Crippen molar-refractivity contribution in [3.63, 3.8) is 0 Å². The van der Waals surface area contributed by atoms with E-state index in [0.717, 1.165) is 43.7 Å². The van der Waals surface area contributed by atoms with Crippen LogP contribution in [0.1, 0.15) is 51.6 Å². The molecule has 0 aliphatic carbocycles. The van der Waals surface area contributed by atoms with Gasteiger partial charge in [0.15, 0.2) is 0 Å². The summed E-state index contributed by atoms with van der Waals surface area (Å²) in [6.07, 6.45) is 3.22. The van der Waals surface area contributed by atoms with Crippen molar-refractivity contribution in [2.24, 2.45) is 5.92 Å². The number of carbonyl (C=O) groups is 1. The van der Waals surface area contributed by atoms with Gasteiger partial charge in [-0.1, -0.05) is 32.4 Å². The molecule has 0 bridgehead atoms. The van der Waals surface area contributed by atoms with Gasteiger partial charge in [-0.2, -0.15) is 0 Å². The molecular formula is C18H29ClN2O2. The number of carbonyl (C=O) groups excluding carboxylic acids is 1. The average molecular weight is 341 g/mol. The molecule has 5 heteroatoms. The fourth-order valence-electron chi connectivity index (χ4n) is 2.59. The van der Waals surface area contributed by atoms with Crippen molar-refractivity contribution >= 4 is 18.3 Å². The van der Waals surface area contributed by atoms with Gasteiger partial charge in [-0.25, -0.2) is 0 Å². The number of hydrogen-bond donors (Lipinski definition) is 2. The van der Waals surface area contributed by atoms with Gasteiger partial charge in [0.2, 0.25) is 5.91 Å². The summed E-state index contributed by atoms with van der Waals surface area (Å²) in [6, 6.07) is 7.96. The van der Waals surface area contributed by atoms with Crippen LogP contribution >= 0.6 is 12.4 Å². The molecule has 1 aliphatic rings. The Morgan fingerprint density at radius 1 is 1.26 bits per heavy atom. The molecule has 2 unspecified atom stereocenters. The zero-order chi connectivity index (χ0) is 15.9. The Bertz CT molecular complexity index is 470. The lowest BCUT2D eigenvalue weighted by Gasteiger charge is -2.24. The summed E-state index contributed by atoms with van der Waals surface area (Å²) in [6.45, 7) is 7.94. The molecule has 1 amide bonds. The number of amides is 1. The standard InChI is InChI=1S/C18H28N2O2.ClH/c1-13(2)12-22-16-9-7-15(8-10-16)14(3)20-18(21)17-6-4-5-11-19-17;/h7-10,13-14,17,19H,4-6,11-12H2,1-3H3,(H,20,21);1H. The van der Waals surface area contributed by atoms with Crippen molar-refractivity contribution in [2.45, 2.75) is 52.1 Å². The third kappa shape index (κ3) is 6.40. The van der Waals surface area contributed by atoms with Gasteiger partial charge >= 0.3 is 0 Å². The van der Waals surface area contributed by atoms with Crippen LogP contribution in [0.4, 0.5) is 0 Å². The van der Waals surface area contributed by atoms with Crippen LogP contribution in [0, 0.1) is 5.92 Å². The van der Waals surface area contributed by atoms with Crippen molar-refractivity contribution in [3.05, 3.63) is 29.8 Å². The van der Waals surface area contributed by atoms with Crippen LogP contribution in [-0.4, -0.2) is 25.1 Å². The predicted octanol–water partition coefficient (Wildman–Crippen LogP) is 3.46. The van der Waals surface area contributed by atoms with E-state index >= 15 is 0 Å². The largest absolute Gasteiger partial charge is 0.493 e. The van der Waals surface area contributed by atoms with E-state index in [2.05, 4.69) is 24.5 Å². The van der Waals surface area contributed by atoms with Crippen LogP contribution in [0.5, 0.6) is 5.75 Å². The molecule has 0 spiro atoms. The zero-order valence-electron chi connectivity index (χ0n) is 14.3. The number of nitrogens with one attached hydrogen (secondary N) is 2. The Morgan fingerprint density at radius 3 is 2.52 bits per heavy atom. The second-order valence-electron chi connectivity index (χ2n) is 6.51. The molecule has 2 atom stereocenters. The van der Waals surface area contributed by atoms with Gasteiger partial charge in [0.05, 0.1) is 18.7 Å². The third-order valence-electron chi connectivity index (χ3n) is 3.95. The first-order chi connectivity index (χ1) is 10.6. The fraction of sp³-hybridized carbons (Fsp3) is 0.611. The summed E-state index contributed by atoms with van der Waals surface area (Å²) in [5.74, 6) is 1.50. The lowest BCUT2D eigenvalue weighted by molar-refractivity contribution is -0.124. The van der Waals surface area contributed by atoms with Gasteiger partial charge in [0, 0.05) is 0 Å². The molecule has 1 aromatic carbocycles. The van der Waals surface area contributed by atoms with E-state index in [-0.39, 0.29) is 30.4 Å². The molecule has 1 saturated heterocycles. The van der Waals surface area contributed by atoms with Crippen LogP contribution in [0.15, 0.2) is 24.3 Å². The molecule has 0 aromatic heterocycles. The van der Waals surface area contributed by atoms with E-state index in [1.807, 2.05) is 31.2 Å². The van der Waals surface area contributed by atoms with Gasteiger partial charge in [-0.15, -0.1) is 12.4 Å². The topological polar surface area (TPSA) is 50.4 Å². The van der Waals surface area contributed by atoms with Crippen LogP contribution in [0.3, 0.4) is 0 Å². The van der Waals surface area contributed by atoms with Gasteiger partial charge in [-0.05, 0) is 49.9 Å². The summed E-state index contributed by atoms with van der Waals surface area (Å²) in [7, 11) is 0. The van der Waals surface area contributed by atoms with Crippen LogP contribution in [-0.2, 0) is 4.79 Å². The quantitative estimate of drug-likeness (QED) is 0.833. The van der Waals surface area contributed by atoms with Crippen molar-refractivity contribution in [1.29, 1.82) is 0 Å². The number of hydrogen-bond acceptors (Lipinski definition) is 3. The first-order valence-electron chi connectivity index (χ1n) is 8.33. The highest BCUT2D eigenvalue weighted by Crippen LogP contribution is 2.19. The molecule has 1 fully saturated rings. The SMILES string of the molecule is CC(C)COc1ccc(C(C)NC(=O)C2CCCCN2)cc1.Cl. The van der Waals surface area contributed by atoms with E-state index in [0.29, 0.717) is 5.92 Å². The van der Waals surface area contributed by atoms with Crippen molar-refractivity contribution in [1.82, 2.24) is 10.6 Å². The zero-order valence-corrected chi connectivity index (χ0v) is 15.1. The molecule has 1 heterocycles. The molecule has 0 radical (unpaired) electrons. The number of ether oxygens (including phenoxy) is 1. The molecular weight excluding hydrogens is 312 g/mol. The van der Waals surface area contributed by atoms with E-state index in [4.69, 9.17) is 4.74 Å². The number of piperidine rings is 1. The Hall–Kier alpha value is -1.26. The Kier molecular flexibility index (Phi) is 8.42. The lowest BCUT2D eigenvalue weighted by Crippen LogP contribution is -2.47. The smallest absolute Gasteiger partial charge is 0.237 e. The van der Waals surface area contributed by atoms with Crippen LogP contribution in [0.25, 0.3) is 0 Å². The highest BCUT2D eigenvalue weighted by molar-refractivity contribution is 5.85. The maximum atomic E-state index is 12.2. The maximum Gasteiger partial charge on any atom is 0.237 e. The molecule has 2 N–H and O–H groups in total. The summed E-state index contributed by atoms with van der Waals surface area (Å²) in [4.78, 5) is 12.2. The van der Waals surface area contributed by atoms with E-state index in [1.54, 1.807) is 0 Å². The molecule has 4 nitrogen and oxygen atoms in total. The summed E-state index contributed by atoms with van der Waals surface area (Å²) in [5.41, 5.74) is 1.10. The van der Waals surface area contributed by atoms with E-state index < -0.39 is 0 Å². The summed E-state index contributed by atoms with van der Waals surface area (Å²) in [5, 5.41) is 6.37. The Morgan fingerprint density at radius 2 is 1.96 bits per heavy atom. The van der Waals surface area contributed by atoms with Gasteiger partial charge in [-0.3, -0.25) is 4.79 Å². The maximum absolute atomic E-state index is 12.2. The second kappa shape index (κ2) is 9.78. The molecule has 1 aliphatic heterocycles. The third-order valence-corrected chi connectivity index (χ3v) is 3.95. The molecule has 2 rings (SSSR count). The summed E-state index contributed by atoms with van der Waals surface area (Å²) < 4.78 is 5.68. The molecule has 23 heavy (non-hydrogen) atoms. The minimum absolute atomic E-state index is 0. The summed E-state index contributed by atoms with van der Waals surface area (Å²) >= 11 is 0. The van der Waals surface area contributed by atoms with E-state index in [9.17, 15) is 4.79 Å². The number of rotatable bonds is 6. The highest BCUT2D eigenvalue weighted by atomic mass is 35.5. The van der Waals surface area contributed by atoms with Crippen molar-refractivity contribution < 1.29 is 9.53 Å². The van der Waals surface area contributed by atoms with Gasteiger partial charge in [0.25, 0.3) is 0 Å². The number of benzene rings is 1. The molecule has 0 saturated carbocycles. The monoisotopic (exact) mass is 340 g/mol. The molecule has 130 valence electrons. The number of halogens is 1. The van der Waals surface area contributed by atoms with E-state index in [1.165, 1.54) is 0 Å². The Labute approximate surface area is 145 Å². The van der Waals surface area contributed by atoms with Gasteiger partial charge in [0.1, 0.15) is 5.75 Å². The molecule has 1 aromatic rings. The predicted molar refractivity (Wildman–Crippen MR) is 96.2 cm³/mol. The second-order valence-corrected chi connectivity index (χ2v) is 6.51. The van der Waals surface area contributed by atoms with Crippen molar-refractivity contribution in [2.75, 3.05) is 13.2 Å². The van der Waals surface area contributed by atoms with Crippen LogP contribution < -0.4 is 15.4 Å². The first kappa shape index (κ1) is 19.8. The highest BCUT2D eigenvalue weighted by Gasteiger charge is 2.21. The average Bonchev–Trinajstić information content (AvgIpc) is 2.54. The first-order valence-corrected chi connectivity index (χ1v) is 8.33. The van der Waals surface area contributed by atoms with Gasteiger partial charge < -0.3 is 15.4 Å². The lowest BCUT2D eigenvalue weighted by atomic mass is 10.0.